The molecule has 8 N–H and O–H groups in total. The number of imidazole rings is 2. The Hall–Kier alpha value is -4.28. The molecule has 0 unspecified atom stereocenters. The molecule has 70 heavy (non-hydrogen) atoms. The van der Waals surface area contributed by atoms with Gasteiger partial charge in [0.05, 0.1) is 25.9 Å². The predicted octanol–water partition coefficient (Wildman–Crippen LogP) is 6.65. The van der Waals surface area contributed by atoms with E-state index in [0.717, 1.165) is 50.4 Å². The van der Waals surface area contributed by atoms with Crippen LogP contribution in [-0.2, 0) is 19.1 Å². The molecule has 392 valence electrons. The van der Waals surface area contributed by atoms with Crippen LogP contribution in [0.3, 0.4) is 0 Å². The van der Waals surface area contributed by atoms with E-state index in [1.807, 2.05) is 0 Å². The summed E-state index contributed by atoms with van der Waals surface area (Å²) in [6, 6.07) is 0. The van der Waals surface area contributed by atoms with Crippen LogP contribution < -0.4 is 10.6 Å². The fourth-order valence-electron chi connectivity index (χ4n) is 9.02. The number of nitrogens with one attached hydrogen (secondary N) is 2. The number of aliphatic hydroxyl groups excluding tert-OH is 6. The van der Waals surface area contributed by atoms with Gasteiger partial charge in [-0.3, -0.25) is 18.7 Å². The molecule has 2 amide bonds. The Kier molecular flexibility index (Phi) is 24.2. The van der Waals surface area contributed by atoms with Crippen molar-refractivity contribution in [3.63, 3.8) is 0 Å². The molecule has 0 aliphatic carbocycles. The van der Waals surface area contributed by atoms with Gasteiger partial charge in [-0.05, 0) is 24.7 Å². The zero-order valence-electron chi connectivity index (χ0n) is 41.9. The highest BCUT2D eigenvalue weighted by atomic mass is 16.6. The summed E-state index contributed by atoms with van der Waals surface area (Å²) in [6.07, 6.45) is 21.9. The van der Waals surface area contributed by atoms with Gasteiger partial charge in [0.25, 0.3) is 0 Å². The van der Waals surface area contributed by atoms with Crippen LogP contribution in [0.25, 0.3) is 22.3 Å². The summed E-state index contributed by atoms with van der Waals surface area (Å²) < 4.78 is 14.1. The Labute approximate surface area is 412 Å². The lowest BCUT2D eigenvalue weighted by Crippen LogP contribution is -2.33. The summed E-state index contributed by atoms with van der Waals surface area (Å²) in [5, 5.41) is 64.9. The first-order valence-corrected chi connectivity index (χ1v) is 26.0. The molecule has 0 bridgehead atoms. The topological polar surface area (TPSA) is 285 Å². The molecule has 6 heterocycles. The summed E-state index contributed by atoms with van der Waals surface area (Å²) in [6.45, 7) is 8.28. The van der Waals surface area contributed by atoms with Gasteiger partial charge in [0.2, 0.25) is 11.8 Å². The number of unbranched alkanes of at least 4 members (excludes halogenated alkanes) is 16. The Morgan fingerprint density at radius 2 is 0.829 bits per heavy atom. The zero-order valence-corrected chi connectivity index (χ0v) is 41.9. The summed E-state index contributed by atoms with van der Waals surface area (Å²) in [7, 11) is 0. The molecule has 8 atom stereocenters. The molecule has 2 saturated heterocycles. The highest BCUT2D eigenvalue weighted by molar-refractivity contribution is 5.97. The van der Waals surface area contributed by atoms with Gasteiger partial charge >= 0.3 is 0 Å². The second-order valence-corrected chi connectivity index (χ2v) is 19.9. The largest absolute Gasteiger partial charge is 0.394 e. The minimum Gasteiger partial charge on any atom is -0.394 e. The van der Waals surface area contributed by atoms with Crippen molar-refractivity contribution in [2.75, 3.05) is 23.8 Å². The van der Waals surface area contributed by atoms with E-state index < -0.39 is 62.3 Å². The third-order valence-electron chi connectivity index (χ3n) is 13.2. The van der Waals surface area contributed by atoms with E-state index in [1.165, 1.54) is 124 Å². The molecule has 2 aliphatic heterocycles. The molecule has 20 heteroatoms. The average molecular weight is 983 g/mol. The Bertz CT molecular complexity index is 1990. The number of carbonyl (C=O) groups is 2. The van der Waals surface area contributed by atoms with Gasteiger partial charge in [0.15, 0.2) is 46.4 Å². The van der Waals surface area contributed by atoms with Crippen LogP contribution in [0.5, 0.6) is 0 Å². The van der Waals surface area contributed by atoms with Crippen LogP contribution in [0.4, 0.5) is 11.6 Å². The highest BCUT2D eigenvalue weighted by Crippen LogP contribution is 2.34. The van der Waals surface area contributed by atoms with Crippen molar-refractivity contribution >= 4 is 45.8 Å². The number of hydrogen-bond acceptors (Lipinski definition) is 16. The van der Waals surface area contributed by atoms with Gasteiger partial charge in [-0.2, -0.15) is 0 Å². The first kappa shape index (κ1) is 56.6. The van der Waals surface area contributed by atoms with Crippen molar-refractivity contribution < 1.29 is 49.7 Å². The van der Waals surface area contributed by atoms with Gasteiger partial charge in [0, 0.05) is 12.8 Å². The second kappa shape index (κ2) is 29.9. The van der Waals surface area contributed by atoms with Crippen molar-refractivity contribution in [2.45, 2.75) is 218 Å². The molecule has 4 aromatic heterocycles. The number of ether oxygens (including phenoxy) is 2. The van der Waals surface area contributed by atoms with Crippen LogP contribution in [0, 0.1) is 11.8 Å². The summed E-state index contributed by atoms with van der Waals surface area (Å²) in [4.78, 5) is 50.2. The van der Waals surface area contributed by atoms with E-state index in [0.29, 0.717) is 46.8 Å². The Morgan fingerprint density at radius 1 is 0.500 bits per heavy atom. The standard InChI is InChI=1S/2C25H41N5O5/c2*1-17(2)12-10-8-6-4-3-5-7-9-11-13-19(32)29-23-20-24(27-15-26-23)30(16-28-20)25-22(34)21(33)18(14-31)35-25/h2*15-18,21-22,25,31,33-34H,3-14H2,1-2H3,(H,26,27,29,32)/t2*18-,21-,22-,25-/m11/s1. The van der Waals surface area contributed by atoms with Crippen LogP contribution in [0.1, 0.15) is 181 Å². The number of carbonyl (C=O) groups excluding carboxylic acids is 2. The molecule has 2 fully saturated rings. The Balaban J connectivity index is 0.000000261. The predicted molar refractivity (Wildman–Crippen MR) is 265 cm³/mol. The van der Waals surface area contributed by atoms with Gasteiger partial charge in [-0.15, -0.1) is 0 Å². The normalized spacial score (nSPS) is 22.3. The average Bonchev–Trinajstić information content (AvgIpc) is 4.11. The third kappa shape index (κ3) is 16.9. The van der Waals surface area contributed by atoms with Gasteiger partial charge < -0.3 is 50.7 Å². The maximum absolute atomic E-state index is 12.4. The maximum Gasteiger partial charge on any atom is 0.225 e. The van der Waals surface area contributed by atoms with Crippen molar-refractivity contribution in [3.8, 4) is 0 Å². The summed E-state index contributed by atoms with van der Waals surface area (Å²) >= 11 is 0. The first-order valence-electron chi connectivity index (χ1n) is 26.0. The van der Waals surface area contributed by atoms with E-state index in [-0.39, 0.29) is 11.8 Å². The molecule has 6 rings (SSSR count). The van der Waals surface area contributed by atoms with E-state index in [4.69, 9.17) is 9.47 Å². The Morgan fingerprint density at radius 3 is 1.14 bits per heavy atom. The highest BCUT2D eigenvalue weighted by Gasteiger charge is 2.45. The van der Waals surface area contributed by atoms with E-state index in [1.54, 1.807) is 0 Å². The molecule has 20 nitrogen and oxygen atoms in total. The molecule has 0 spiro atoms. The number of aromatic nitrogens is 8. The van der Waals surface area contributed by atoms with E-state index >= 15 is 0 Å². The van der Waals surface area contributed by atoms with Crippen molar-refractivity contribution in [3.05, 3.63) is 25.3 Å². The second-order valence-electron chi connectivity index (χ2n) is 19.9. The quantitative estimate of drug-likeness (QED) is 0.0254. The first-order chi connectivity index (χ1) is 33.8. The minimum absolute atomic E-state index is 0.127. The molecule has 0 radical (unpaired) electrons. The monoisotopic (exact) mass is 983 g/mol. The van der Waals surface area contributed by atoms with Crippen LogP contribution in [0.2, 0.25) is 0 Å². The number of rotatable bonds is 30. The fourth-order valence-corrected chi connectivity index (χ4v) is 9.02. The van der Waals surface area contributed by atoms with Crippen molar-refractivity contribution in [2.24, 2.45) is 11.8 Å². The van der Waals surface area contributed by atoms with E-state index in [9.17, 15) is 40.2 Å². The van der Waals surface area contributed by atoms with Crippen LogP contribution in [0.15, 0.2) is 25.3 Å². The smallest absolute Gasteiger partial charge is 0.225 e. The fraction of sp³-hybridized carbons (Fsp3) is 0.760. The molecular weight excluding hydrogens is 901 g/mol. The lowest BCUT2D eigenvalue weighted by molar-refractivity contribution is -0.117. The minimum atomic E-state index is -1.25. The van der Waals surface area contributed by atoms with Crippen molar-refractivity contribution in [1.82, 2.24) is 39.0 Å². The number of anilines is 2. The molecule has 4 aromatic rings. The lowest BCUT2D eigenvalue weighted by atomic mass is 10.0. The van der Waals surface area contributed by atoms with Crippen LogP contribution in [-0.4, -0.2) is 131 Å². The number of amides is 2. The molecule has 2 aliphatic rings. The maximum atomic E-state index is 12.4. The number of aliphatic hydroxyl groups is 6. The lowest BCUT2D eigenvalue weighted by Gasteiger charge is -2.16. The third-order valence-corrected chi connectivity index (χ3v) is 13.2. The number of hydrogen-bond donors (Lipinski definition) is 8. The SMILES string of the molecule is CC(C)CCCCCCCCCCCC(=O)Nc1ncnc2c1ncn2[C@@H]1O[C@H](CO)[C@@H](O)[C@H]1O.CC(C)CCCCCCCCCCCC(=O)Nc1ncnc2c1ncn2[C@@H]1O[C@H](CO)[C@@H](O)[C@H]1O. The zero-order chi connectivity index (χ0) is 50.4. The van der Waals surface area contributed by atoms with Gasteiger partial charge in [0.1, 0.15) is 49.3 Å². The number of fused-ring (bicyclic) bond motifs is 2. The summed E-state index contributed by atoms with van der Waals surface area (Å²) in [5.41, 5.74) is 1.45. The molecule has 0 aromatic carbocycles. The van der Waals surface area contributed by atoms with Gasteiger partial charge in [-0.25, -0.2) is 29.9 Å². The van der Waals surface area contributed by atoms with Crippen molar-refractivity contribution in [1.29, 1.82) is 0 Å². The summed E-state index contributed by atoms with van der Waals surface area (Å²) in [5.74, 6) is 1.95. The van der Waals surface area contributed by atoms with Crippen LogP contribution >= 0.6 is 0 Å². The van der Waals surface area contributed by atoms with Gasteiger partial charge in [-0.1, -0.05) is 143 Å². The molecular formula is C50H82N10O10. The van der Waals surface area contributed by atoms with E-state index in [2.05, 4.69) is 68.2 Å². The number of nitrogens with zero attached hydrogens (tertiary/aromatic N) is 8. The molecule has 0 saturated carbocycles.